The fraction of sp³-hybridized carbons (Fsp3) is 0.250. The van der Waals surface area contributed by atoms with Crippen molar-refractivity contribution in [1.29, 1.82) is 0 Å². The Morgan fingerprint density at radius 1 is 1.10 bits per heavy atom. The van der Waals surface area contributed by atoms with E-state index in [1.54, 1.807) is 14.2 Å². The molecule has 2 rings (SSSR count). The third-order valence-electron chi connectivity index (χ3n) is 3.02. The molecule has 4 heteroatoms. The van der Waals surface area contributed by atoms with Gasteiger partial charge in [-0.3, -0.25) is 0 Å². The molecule has 3 nitrogen and oxygen atoms in total. The molecule has 0 bridgehead atoms. The molecule has 2 aromatic carbocycles. The molecule has 1 N–H and O–H groups in total. The van der Waals surface area contributed by atoms with Crippen LogP contribution < -0.4 is 10.1 Å². The number of methoxy groups -OCH3 is 2. The summed E-state index contributed by atoms with van der Waals surface area (Å²) in [6, 6.07) is 14.2. The molecule has 0 atom stereocenters. The summed E-state index contributed by atoms with van der Waals surface area (Å²) in [5.41, 5.74) is 3.44. The predicted octanol–water partition coefficient (Wildman–Crippen LogP) is 4.22. The van der Waals surface area contributed by atoms with Crippen molar-refractivity contribution < 1.29 is 9.47 Å². The molecule has 0 amide bonds. The van der Waals surface area contributed by atoms with Gasteiger partial charge in [-0.05, 0) is 39.7 Å². The lowest BCUT2D eigenvalue weighted by Gasteiger charge is -2.12. The van der Waals surface area contributed by atoms with E-state index in [2.05, 4.69) is 45.5 Å². The highest BCUT2D eigenvalue weighted by Gasteiger charge is 2.03. The van der Waals surface area contributed by atoms with E-state index in [4.69, 9.17) is 9.47 Å². The largest absolute Gasteiger partial charge is 0.496 e. The zero-order chi connectivity index (χ0) is 14.4. The second-order valence-corrected chi connectivity index (χ2v) is 5.27. The van der Waals surface area contributed by atoms with Crippen LogP contribution in [0.2, 0.25) is 0 Å². The third kappa shape index (κ3) is 3.74. The summed E-state index contributed by atoms with van der Waals surface area (Å²) in [6.45, 7) is 1.36. The summed E-state index contributed by atoms with van der Waals surface area (Å²) in [5.74, 6) is 0.841. The molecule has 0 unspecified atom stereocenters. The maximum Gasteiger partial charge on any atom is 0.133 e. The molecule has 0 aliphatic carbocycles. The average Bonchev–Trinajstić information content (AvgIpc) is 2.47. The van der Waals surface area contributed by atoms with E-state index in [0.29, 0.717) is 6.61 Å². The van der Waals surface area contributed by atoms with Gasteiger partial charge in [-0.15, -0.1) is 0 Å². The van der Waals surface area contributed by atoms with Crippen LogP contribution in [0.5, 0.6) is 5.75 Å². The van der Waals surface area contributed by atoms with Gasteiger partial charge in [0.15, 0.2) is 0 Å². The number of para-hydroxylation sites is 1. The van der Waals surface area contributed by atoms with E-state index in [1.165, 1.54) is 5.56 Å². The van der Waals surface area contributed by atoms with Gasteiger partial charge in [0.2, 0.25) is 0 Å². The van der Waals surface area contributed by atoms with Crippen LogP contribution in [0.3, 0.4) is 0 Å². The van der Waals surface area contributed by atoms with Crippen molar-refractivity contribution in [1.82, 2.24) is 0 Å². The molecule has 2 aromatic rings. The minimum Gasteiger partial charge on any atom is -0.496 e. The molecule has 0 saturated carbocycles. The second-order valence-electron chi connectivity index (χ2n) is 4.41. The average molecular weight is 336 g/mol. The van der Waals surface area contributed by atoms with Crippen LogP contribution in [0.1, 0.15) is 11.1 Å². The van der Waals surface area contributed by atoms with Crippen molar-refractivity contribution in [2.75, 3.05) is 19.5 Å². The summed E-state index contributed by atoms with van der Waals surface area (Å²) in [7, 11) is 3.37. The third-order valence-corrected chi connectivity index (χ3v) is 3.64. The van der Waals surface area contributed by atoms with Crippen LogP contribution in [0.25, 0.3) is 0 Å². The Morgan fingerprint density at radius 2 is 1.90 bits per heavy atom. The highest BCUT2D eigenvalue weighted by Crippen LogP contribution is 2.26. The fourth-order valence-electron chi connectivity index (χ4n) is 1.99. The molecule has 0 fully saturated rings. The van der Waals surface area contributed by atoms with Crippen molar-refractivity contribution in [3.63, 3.8) is 0 Å². The predicted molar refractivity (Wildman–Crippen MR) is 85.2 cm³/mol. The second kappa shape index (κ2) is 7.31. The fourth-order valence-corrected chi connectivity index (χ4v) is 2.58. The SMILES string of the molecule is COCc1ccccc1NCc1ccc(OC)c(Br)c1. The lowest BCUT2D eigenvalue weighted by Crippen LogP contribution is -2.03. The molecule has 0 heterocycles. The molecule has 0 aliphatic heterocycles. The Balaban J connectivity index is 2.07. The number of benzene rings is 2. The Morgan fingerprint density at radius 3 is 2.60 bits per heavy atom. The number of hydrogen-bond acceptors (Lipinski definition) is 3. The topological polar surface area (TPSA) is 30.5 Å². The Bertz CT molecular complexity index is 572. The van der Waals surface area contributed by atoms with E-state index < -0.39 is 0 Å². The van der Waals surface area contributed by atoms with Crippen molar-refractivity contribution in [2.45, 2.75) is 13.2 Å². The summed E-state index contributed by atoms with van der Waals surface area (Å²) in [4.78, 5) is 0. The first-order valence-electron chi connectivity index (χ1n) is 6.37. The van der Waals surface area contributed by atoms with Gasteiger partial charge in [0, 0.05) is 24.9 Å². The van der Waals surface area contributed by atoms with Gasteiger partial charge >= 0.3 is 0 Å². The summed E-state index contributed by atoms with van der Waals surface area (Å²) >= 11 is 3.50. The molecule has 106 valence electrons. The van der Waals surface area contributed by atoms with Crippen LogP contribution in [0, 0.1) is 0 Å². The lowest BCUT2D eigenvalue weighted by atomic mass is 10.1. The van der Waals surface area contributed by atoms with E-state index in [9.17, 15) is 0 Å². The van der Waals surface area contributed by atoms with Gasteiger partial charge in [-0.2, -0.15) is 0 Å². The Kier molecular flexibility index (Phi) is 5.44. The van der Waals surface area contributed by atoms with Crippen LogP contribution in [-0.4, -0.2) is 14.2 Å². The van der Waals surface area contributed by atoms with Gasteiger partial charge in [-0.25, -0.2) is 0 Å². The Hall–Kier alpha value is -1.52. The molecule has 20 heavy (non-hydrogen) atoms. The molecule has 0 aromatic heterocycles. The van der Waals surface area contributed by atoms with Crippen LogP contribution >= 0.6 is 15.9 Å². The number of ether oxygens (including phenoxy) is 2. The summed E-state index contributed by atoms with van der Waals surface area (Å²) in [6.07, 6.45) is 0. The van der Waals surface area contributed by atoms with E-state index in [-0.39, 0.29) is 0 Å². The first-order chi connectivity index (χ1) is 9.74. The van der Waals surface area contributed by atoms with E-state index in [1.807, 2.05) is 18.2 Å². The molecule has 0 saturated heterocycles. The van der Waals surface area contributed by atoms with Gasteiger partial charge in [0.05, 0.1) is 18.2 Å². The van der Waals surface area contributed by atoms with Gasteiger partial charge in [0.25, 0.3) is 0 Å². The number of nitrogens with one attached hydrogen (secondary N) is 1. The standard InChI is InChI=1S/C16H18BrNO2/c1-19-11-13-5-3-4-6-15(13)18-10-12-7-8-16(20-2)14(17)9-12/h3-9,18H,10-11H2,1-2H3. The normalized spacial score (nSPS) is 10.3. The van der Waals surface area contributed by atoms with Gasteiger partial charge < -0.3 is 14.8 Å². The summed E-state index contributed by atoms with van der Waals surface area (Å²) in [5, 5.41) is 3.44. The minimum atomic E-state index is 0.607. The molecule has 0 aliphatic rings. The summed E-state index contributed by atoms with van der Waals surface area (Å²) < 4.78 is 11.4. The minimum absolute atomic E-state index is 0.607. The van der Waals surface area contributed by atoms with Crippen molar-refractivity contribution in [2.24, 2.45) is 0 Å². The number of halogens is 1. The van der Waals surface area contributed by atoms with Gasteiger partial charge in [0.1, 0.15) is 5.75 Å². The quantitative estimate of drug-likeness (QED) is 0.857. The van der Waals surface area contributed by atoms with Crippen LogP contribution in [-0.2, 0) is 17.9 Å². The zero-order valence-electron chi connectivity index (χ0n) is 11.7. The van der Waals surface area contributed by atoms with Crippen LogP contribution in [0.4, 0.5) is 5.69 Å². The smallest absolute Gasteiger partial charge is 0.133 e. The molecule has 0 spiro atoms. The molecule has 0 radical (unpaired) electrons. The Labute approximate surface area is 128 Å². The first kappa shape index (κ1) is 14.9. The number of hydrogen-bond donors (Lipinski definition) is 1. The van der Waals surface area contributed by atoms with Gasteiger partial charge in [-0.1, -0.05) is 24.3 Å². The highest BCUT2D eigenvalue weighted by molar-refractivity contribution is 9.10. The molecular weight excluding hydrogens is 318 g/mol. The van der Waals surface area contributed by atoms with E-state index >= 15 is 0 Å². The lowest BCUT2D eigenvalue weighted by molar-refractivity contribution is 0.185. The first-order valence-corrected chi connectivity index (χ1v) is 7.17. The zero-order valence-corrected chi connectivity index (χ0v) is 13.2. The van der Waals surface area contributed by atoms with Crippen molar-refractivity contribution in [3.05, 3.63) is 58.1 Å². The maximum atomic E-state index is 5.23. The van der Waals surface area contributed by atoms with Crippen molar-refractivity contribution >= 4 is 21.6 Å². The highest BCUT2D eigenvalue weighted by atomic mass is 79.9. The number of anilines is 1. The number of rotatable bonds is 6. The van der Waals surface area contributed by atoms with Crippen LogP contribution in [0.15, 0.2) is 46.9 Å². The van der Waals surface area contributed by atoms with Crippen molar-refractivity contribution in [3.8, 4) is 5.75 Å². The monoisotopic (exact) mass is 335 g/mol. The maximum absolute atomic E-state index is 5.23. The van der Waals surface area contributed by atoms with E-state index in [0.717, 1.165) is 28.0 Å². The molecular formula is C16H18BrNO2.